The zero-order valence-corrected chi connectivity index (χ0v) is 15.3. The number of halogens is 1. The Morgan fingerprint density at radius 1 is 1.25 bits per heavy atom. The quantitative estimate of drug-likeness (QED) is 0.466. The van der Waals surface area contributed by atoms with Crippen LogP contribution in [-0.2, 0) is 5.75 Å². The number of hydrogen-bond acceptors (Lipinski definition) is 7. The summed E-state index contributed by atoms with van der Waals surface area (Å²) in [6.07, 6.45) is 1.72. The van der Waals surface area contributed by atoms with Gasteiger partial charge in [-0.2, -0.15) is 0 Å². The summed E-state index contributed by atoms with van der Waals surface area (Å²) < 4.78 is 8.16. The van der Waals surface area contributed by atoms with Crippen molar-refractivity contribution in [3.63, 3.8) is 0 Å². The number of fused-ring (bicyclic) bond motifs is 1. The van der Waals surface area contributed by atoms with Gasteiger partial charge >= 0.3 is 0 Å². The third kappa shape index (κ3) is 3.14. The van der Waals surface area contributed by atoms with Gasteiger partial charge in [0.15, 0.2) is 4.96 Å². The average Bonchev–Trinajstić information content (AvgIpc) is 3.23. The fourth-order valence-electron chi connectivity index (χ4n) is 2.07. The van der Waals surface area contributed by atoms with Crippen LogP contribution in [0.15, 0.2) is 60.8 Å². The lowest BCUT2D eigenvalue weighted by atomic mass is 10.2. The maximum Gasteiger partial charge on any atom is 0.277 e. The Hall–Kier alpha value is -1.97. The van der Waals surface area contributed by atoms with Crippen molar-refractivity contribution >= 4 is 44.0 Å². The van der Waals surface area contributed by atoms with E-state index in [1.54, 1.807) is 6.20 Å². The Bertz CT molecular complexity index is 1060. The molecule has 0 unspecified atom stereocenters. The highest BCUT2D eigenvalue weighted by Crippen LogP contribution is 2.26. The second-order valence-corrected chi connectivity index (χ2v) is 7.53. The summed E-state index contributed by atoms with van der Waals surface area (Å²) in [4.78, 5) is 17.1. The summed E-state index contributed by atoms with van der Waals surface area (Å²) in [5.74, 6) is 0.956. The maximum atomic E-state index is 12.0. The van der Waals surface area contributed by atoms with Crippen LogP contribution in [0.4, 0.5) is 0 Å². The molecule has 0 aliphatic heterocycles. The Kier molecular flexibility index (Phi) is 4.21. The van der Waals surface area contributed by atoms with Crippen LogP contribution in [0.5, 0.6) is 0 Å². The van der Waals surface area contributed by atoms with Crippen LogP contribution in [-0.4, -0.2) is 19.6 Å². The summed E-state index contributed by atoms with van der Waals surface area (Å²) >= 11 is 6.17. The van der Waals surface area contributed by atoms with Crippen LogP contribution in [0.3, 0.4) is 0 Å². The Morgan fingerprint density at radius 3 is 2.92 bits per heavy atom. The molecule has 0 aliphatic rings. The summed E-state index contributed by atoms with van der Waals surface area (Å²) in [7, 11) is 0. The molecule has 0 bridgehead atoms. The summed E-state index contributed by atoms with van der Waals surface area (Å²) in [6.45, 7) is 0. The molecule has 4 aromatic rings. The van der Waals surface area contributed by atoms with E-state index >= 15 is 0 Å². The predicted octanol–water partition coefficient (Wildman–Crippen LogP) is 3.86. The number of thiazole rings is 1. The molecule has 120 valence electrons. The van der Waals surface area contributed by atoms with Gasteiger partial charge in [-0.3, -0.25) is 9.20 Å². The minimum absolute atomic E-state index is 0.0852. The number of benzene rings is 1. The second kappa shape index (κ2) is 6.50. The van der Waals surface area contributed by atoms with Crippen LogP contribution >= 0.6 is 39.0 Å². The van der Waals surface area contributed by atoms with Gasteiger partial charge in [-0.05, 0) is 24.3 Å². The zero-order valence-electron chi connectivity index (χ0n) is 12.0. The van der Waals surface area contributed by atoms with Crippen LogP contribution < -0.4 is 5.56 Å². The topological polar surface area (TPSA) is 73.3 Å². The Morgan fingerprint density at radius 2 is 2.08 bits per heavy atom. The summed E-state index contributed by atoms with van der Waals surface area (Å²) in [5.41, 5.74) is 1.46. The minimum atomic E-state index is -0.0852. The van der Waals surface area contributed by atoms with E-state index in [1.165, 1.54) is 33.6 Å². The highest BCUT2D eigenvalue weighted by Gasteiger charge is 2.10. The molecule has 0 spiro atoms. The van der Waals surface area contributed by atoms with E-state index in [0.717, 1.165) is 10.0 Å². The van der Waals surface area contributed by atoms with Crippen molar-refractivity contribution in [2.24, 2.45) is 0 Å². The lowest BCUT2D eigenvalue weighted by Crippen LogP contribution is -2.12. The van der Waals surface area contributed by atoms with Crippen molar-refractivity contribution in [2.45, 2.75) is 11.0 Å². The first kappa shape index (κ1) is 15.6. The van der Waals surface area contributed by atoms with E-state index in [-0.39, 0.29) is 5.56 Å². The van der Waals surface area contributed by atoms with E-state index in [0.29, 0.717) is 27.5 Å². The first-order valence-corrected chi connectivity index (χ1v) is 9.53. The monoisotopic (exact) mass is 420 g/mol. The predicted molar refractivity (Wildman–Crippen MR) is 96.3 cm³/mol. The fraction of sp³-hybridized carbons (Fsp3) is 0.0667. The first-order chi connectivity index (χ1) is 11.7. The Labute approximate surface area is 152 Å². The van der Waals surface area contributed by atoms with Gasteiger partial charge in [-0.15, -0.1) is 21.5 Å². The number of thioether (sulfide) groups is 1. The van der Waals surface area contributed by atoms with Crippen LogP contribution in [0.25, 0.3) is 16.4 Å². The largest absolute Gasteiger partial charge is 0.411 e. The molecule has 4 rings (SSSR count). The molecule has 9 heteroatoms. The molecular formula is C15H9BrN4O2S2. The number of hydrogen-bond donors (Lipinski definition) is 0. The molecule has 24 heavy (non-hydrogen) atoms. The van der Waals surface area contributed by atoms with Gasteiger partial charge in [-0.1, -0.05) is 27.7 Å². The van der Waals surface area contributed by atoms with Gasteiger partial charge in [0, 0.05) is 33.4 Å². The number of nitrogens with zero attached hydrogens (tertiary/aromatic N) is 4. The van der Waals surface area contributed by atoms with E-state index in [1.807, 2.05) is 29.6 Å². The van der Waals surface area contributed by atoms with Crippen molar-refractivity contribution in [1.82, 2.24) is 19.6 Å². The van der Waals surface area contributed by atoms with E-state index < -0.39 is 0 Å². The average molecular weight is 421 g/mol. The molecule has 0 saturated heterocycles. The molecule has 0 saturated carbocycles. The normalized spacial score (nSPS) is 11.2. The van der Waals surface area contributed by atoms with Crippen LogP contribution in [0.1, 0.15) is 5.69 Å². The molecular weight excluding hydrogens is 412 g/mol. The molecule has 6 nitrogen and oxygen atoms in total. The molecule has 0 aliphatic carbocycles. The molecule has 0 N–H and O–H groups in total. The Balaban J connectivity index is 1.51. The molecule has 3 aromatic heterocycles. The smallest absolute Gasteiger partial charge is 0.277 e. The molecule has 0 atom stereocenters. The number of aromatic nitrogens is 4. The molecule has 3 heterocycles. The van der Waals surface area contributed by atoms with E-state index in [9.17, 15) is 4.79 Å². The van der Waals surface area contributed by atoms with Crippen LogP contribution in [0, 0.1) is 0 Å². The summed E-state index contributed by atoms with van der Waals surface area (Å²) in [5, 5.41) is 10.4. The molecule has 0 fully saturated rings. The standard InChI is InChI=1S/C15H9BrN4O2S2/c16-10-3-1-9(2-4-10)13-18-19-15(22-13)24-8-11-7-12(21)20-5-6-23-14(20)17-11/h1-7H,8H2. The van der Waals surface area contributed by atoms with Crippen molar-refractivity contribution in [3.05, 3.63) is 62.4 Å². The fourth-order valence-corrected chi connectivity index (χ4v) is 3.73. The van der Waals surface area contributed by atoms with Gasteiger partial charge in [0.2, 0.25) is 5.89 Å². The third-order valence-electron chi connectivity index (χ3n) is 3.20. The summed E-state index contributed by atoms with van der Waals surface area (Å²) in [6, 6.07) is 9.16. The zero-order chi connectivity index (χ0) is 16.5. The lowest BCUT2D eigenvalue weighted by molar-refractivity contribution is 0.466. The van der Waals surface area contributed by atoms with E-state index in [2.05, 4.69) is 31.1 Å². The van der Waals surface area contributed by atoms with Crippen molar-refractivity contribution in [3.8, 4) is 11.5 Å². The number of rotatable bonds is 4. The molecule has 1 aromatic carbocycles. The van der Waals surface area contributed by atoms with Crippen molar-refractivity contribution in [1.29, 1.82) is 0 Å². The van der Waals surface area contributed by atoms with E-state index in [4.69, 9.17) is 4.42 Å². The minimum Gasteiger partial charge on any atom is -0.411 e. The maximum absolute atomic E-state index is 12.0. The van der Waals surface area contributed by atoms with Gasteiger partial charge in [-0.25, -0.2) is 4.98 Å². The SMILES string of the molecule is O=c1cc(CSc2nnc(-c3ccc(Br)cc3)o2)nc2sccn12. The van der Waals surface area contributed by atoms with Crippen LogP contribution in [0.2, 0.25) is 0 Å². The first-order valence-electron chi connectivity index (χ1n) is 6.87. The van der Waals surface area contributed by atoms with Gasteiger partial charge in [0.05, 0.1) is 5.69 Å². The van der Waals surface area contributed by atoms with Gasteiger partial charge < -0.3 is 4.42 Å². The third-order valence-corrected chi connectivity index (χ3v) is 5.33. The highest BCUT2D eigenvalue weighted by atomic mass is 79.9. The lowest BCUT2D eigenvalue weighted by Gasteiger charge is -1.98. The second-order valence-electron chi connectivity index (χ2n) is 4.81. The van der Waals surface area contributed by atoms with Gasteiger partial charge in [0.25, 0.3) is 10.8 Å². The highest BCUT2D eigenvalue weighted by molar-refractivity contribution is 9.10. The van der Waals surface area contributed by atoms with Gasteiger partial charge in [0.1, 0.15) is 0 Å². The molecule has 0 radical (unpaired) electrons. The van der Waals surface area contributed by atoms with Crippen molar-refractivity contribution < 1.29 is 4.42 Å². The van der Waals surface area contributed by atoms with Crippen molar-refractivity contribution in [2.75, 3.05) is 0 Å². The molecule has 0 amide bonds.